The van der Waals surface area contributed by atoms with Crippen LogP contribution in [0.15, 0.2) is 18.2 Å². The van der Waals surface area contributed by atoms with Crippen molar-refractivity contribution in [2.45, 2.75) is 19.4 Å². The first-order chi connectivity index (χ1) is 8.49. The molecule has 2 N–H and O–H groups in total. The van der Waals surface area contributed by atoms with Crippen molar-refractivity contribution in [2.24, 2.45) is 0 Å². The van der Waals surface area contributed by atoms with Crippen LogP contribution in [0.3, 0.4) is 0 Å². The molecule has 0 bridgehead atoms. The number of aliphatic hydroxyl groups excluding tert-OH is 1. The Kier molecular flexibility index (Phi) is 5.51. The lowest BCUT2D eigenvalue weighted by Crippen LogP contribution is -2.31. The summed E-state index contributed by atoms with van der Waals surface area (Å²) in [5.41, 5.74) is 0. The van der Waals surface area contributed by atoms with Gasteiger partial charge in [-0.05, 0) is 25.5 Å². The minimum atomic E-state index is -0.855. The number of carbonyl (C=O) groups is 1. The fraction of sp³-hybridized carbons (Fsp3) is 0.417. The molecule has 0 heterocycles. The van der Waals surface area contributed by atoms with Crippen LogP contribution in [0.4, 0.5) is 8.78 Å². The van der Waals surface area contributed by atoms with Crippen molar-refractivity contribution in [3.05, 3.63) is 29.8 Å². The second-order valence-electron chi connectivity index (χ2n) is 3.85. The fourth-order valence-electron chi connectivity index (χ4n) is 1.21. The molecule has 1 rings (SSSR count). The number of rotatable bonds is 6. The number of hydrogen-bond acceptors (Lipinski definition) is 3. The van der Waals surface area contributed by atoms with E-state index in [1.165, 1.54) is 0 Å². The van der Waals surface area contributed by atoms with E-state index < -0.39 is 23.6 Å². The van der Waals surface area contributed by atoms with E-state index in [9.17, 15) is 13.6 Å². The molecular weight excluding hydrogens is 244 g/mol. The Balaban J connectivity index is 2.33. The third-order valence-electron chi connectivity index (χ3n) is 2.14. The third-order valence-corrected chi connectivity index (χ3v) is 2.14. The van der Waals surface area contributed by atoms with E-state index >= 15 is 0 Å². The van der Waals surface area contributed by atoms with E-state index in [1.54, 1.807) is 6.92 Å². The van der Waals surface area contributed by atoms with E-state index in [4.69, 9.17) is 9.84 Å². The summed E-state index contributed by atoms with van der Waals surface area (Å²) in [6, 6.07) is 2.85. The van der Waals surface area contributed by atoms with Crippen molar-refractivity contribution in [1.29, 1.82) is 0 Å². The largest absolute Gasteiger partial charge is 0.481 e. The molecule has 1 amide bonds. The van der Waals surface area contributed by atoms with Gasteiger partial charge in [-0.15, -0.1) is 0 Å². The molecule has 18 heavy (non-hydrogen) atoms. The summed E-state index contributed by atoms with van der Waals surface area (Å²) < 4.78 is 30.6. The normalized spacial score (nSPS) is 12.0. The predicted molar refractivity (Wildman–Crippen MR) is 61.2 cm³/mol. The molecule has 0 aliphatic carbocycles. The van der Waals surface area contributed by atoms with Crippen molar-refractivity contribution < 1.29 is 23.4 Å². The molecule has 6 heteroatoms. The van der Waals surface area contributed by atoms with Gasteiger partial charge in [-0.1, -0.05) is 0 Å². The molecule has 4 nitrogen and oxygen atoms in total. The molecule has 0 aliphatic heterocycles. The standard InChI is InChI=1S/C12H15F2NO3/c1-8(16)4-5-15-12(17)7-18-11-3-2-9(13)6-10(11)14/h2-3,6,8,16H,4-5,7H2,1H3,(H,15,17). The third kappa shape index (κ3) is 5.09. The van der Waals surface area contributed by atoms with Gasteiger partial charge in [0.2, 0.25) is 0 Å². The lowest BCUT2D eigenvalue weighted by Gasteiger charge is -2.09. The van der Waals surface area contributed by atoms with Crippen molar-refractivity contribution in [3.63, 3.8) is 0 Å². The van der Waals surface area contributed by atoms with Crippen LogP contribution in [0, 0.1) is 11.6 Å². The summed E-state index contributed by atoms with van der Waals surface area (Å²) in [7, 11) is 0. The molecular formula is C12H15F2NO3. The predicted octanol–water partition coefficient (Wildman–Crippen LogP) is 1.23. The number of hydrogen-bond donors (Lipinski definition) is 2. The second-order valence-corrected chi connectivity index (χ2v) is 3.85. The van der Waals surface area contributed by atoms with E-state index in [0.29, 0.717) is 19.0 Å². The Morgan fingerprint density at radius 2 is 2.22 bits per heavy atom. The second kappa shape index (κ2) is 6.90. The molecule has 1 atom stereocenters. The van der Waals surface area contributed by atoms with Crippen LogP contribution in [0.1, 0.15) is 13.3 Å². The van der Waals surface area contributed by atoms with Gasteiger partial charge in [0, 0.05) is 12.6 Å². The molecule has 0 aromatic heterocycles. The SMILES string of the molecule is CC(O)CCNC(=O)COc1ccc(F)cc1F. The zero-order valence-electron chi connectivity index (χ0n) is 9.95. The Bertz CT molecular complexity index is 410. The van der Waals surface area contributed by atoms with Crippen LogP contribution in [0.25, 0.3) is 0 Å². The van der Waals surface area contributed by atoms with Crippen molar-refractivity contribution in [2.75, 3.05) is 13.2 Å². The highest BCUT2D eigenvalue weighted by Crippen LogP contribution is 2.17. The molecule has 0 spiro atoms. The number of aliphatic hydroxyl groups is 1. The first-order valence-electron chi connectivity index (χ1n) is 5.51. The monoisotopic (exact) mass is 259 g/mol. The van der Waals surface area contributed by atoms with Gasteiger partial charge in [0.25, 0.3) is 5.91 Å². The van der Waals surface area contributed by atoms with Crippen LogP contribution in [-0.2, 0) is 4.79 Å². The van der Waals surface area contributed by atoms with Gasteiger partial charge in [-0.2, -0.15) is 0 Å². The molecule has 0 saturated carbocycles. The van der Waals surface area contributed by atoms with E-state index in [2.05, 4.69) is 5.32 Å². The lowest BCUT2D eigenvalue weighted by molar-refractivity contribution is -0.123. The number of carbonyl (C=O) groups excluding carboxylic acids is 1. The highest BCUT2D eigenvalue weighted by atomic mass is 19.1. The molecule has 1 aromatic rings. The van der Waals surface area contributed by atoms with Gasteiger partial charge >= 0.3 is 0 Å². The minimum Gasteiger partial charge on any atom is -0.481 e. The summed E-state index contributed by atoms with van der Waals surface area (Å²) in [6.45, 7) is 1.56. The summed E-state index contributed by atoms with van der Waals surface area (Å²) in [6.07, 6.45) is -0.0721. The topological polar surface area (TPSA) is 58.6 Å². The van der Waals surface area contributed by atoms with Gasteiger partial charge in [0.05, 0.1) is 6.10 Å². The number of benzene rings is 1. The van der Waals surface area contributed by atoms with Crippen molar-refractivity contribution in [3.8, 4) is 5.75 Å². The summed E-state index contributed by atoms with van der Waals surface area (Å²) in [4.78, 5) is 11.3. The molecule has 100 valence electrons. The van der Waals surface area contributed by atoms with E-state index in [-0.39, 0.29) is 12.4 Å². The molecule has 0 radical (unpaired) electrons. The molecule has 1 unspecified atom stereocenters. The highest BCUT2D eigenvalue weighted by Gasteiger charge is 2.07. The van der Waals surface area contributed by atoms with Gasteiger partial charge in [-0.3, -0.25) is 4.79 Å². The Labute approximate surface area is 104 Å². The van der Waals surface area contributed by atoms with E-state index in [1.807, 2.05) is 0 Å². The fourth-order valence-corrected chi connectivity index (χ4v) is 1.21. The minimum absolute atomic E-state index is 0.179. The maximum absolute atomic E-state index is 13.1. The average Bonchev–Trinajstić information content (AvgIpc) is 2.27. The maximum atomic E-state index is 13.1. The Morgan fingerprint density at radius 3 is 2.83 bits per heavy atom. The summed E-state index contributed by atoms with van der Waals surface area (Å²) in [5.74, 6) is -2.17. The van der Waals surface area contributed by atoms with Gasteiger partial charge in [0.1, 0.15) is 5.82 Å². The average molecular weight is 259 g/mol. The zero-order chi connectivity index (χ0) is 13.5. The van der Waals surface area contributed by atoms with Crippen molar-refractivity contribution >= 4 is 5.91 Å². The maximum Gasteiger partial charge on any atom is 0.257 e. The molecule has 1 aromatic carbocycles. The molecule has 0 fully saturated rings. The smallest absolute Gasteiger partial charge is 0.257 e. The number of amides is 1. The quantitative estimate of drug-likeness (QED) is 0.808. The molecule has 0 aliphatic rings. The van der Waals surface area contributed by atoms with Crippen LogP contribution < -0.4 is 10.1 Å². The van der Waals surface area contributed by atoms with Crippen LogP contribution >= 0.6 is 0 Å². The number of nitrogens with one attached hydrogen (secondary N) is 1. The zero-order valence-corrected chi connectivity index (χ0v) is 9.95. The van der Waals surface area contributed by atoms with Gasteiger partial charge in [0.15, 0.2) is 18.2 Å². The number of ether oxygens (including phenoxy) is 1. The van der Waals surface area contributed by atoms with Crippen LogP contribution in [-0.4, -0.2) is 30.3 Å². The lowest BCUT2D eigenvalue weighted by atomic mass is 10.3. The van der Waals surface area contributed by atoms with Crippen molar-refractivity contribution in [1.82, 2.24) is 5.32 Å². The first kappa shape index (κ1) is 14.4. The van der Waals surface area contributed by atoms with Crippen LogP contribution in [0.5, 0.6) is 5.75 Å². The molecule has 0 saturated heterocycles. The van der Waals surface area contributed by atoms with Gasteiger partial charge < -0.3 is 15.2 Å². The van der Waals surface area contributed by atoms with Crippen LogP contribution in [0.2, 0.25) is 0 Å². The van der Waals surface area contributed by atoms with Gasteiger partial charge in [-0.25, -0.2) is 8.78 Å². The Morgan fingerprint density at radius 1 is 1.50 bits per heavy atom. The van der Waals surface area contributed by atoms with E-state index in [0.717, 1.165) is 12.1 Å². The highest BCUT2D eigenvalue weighted by molar-refractivity contribution is 5.77. The summed E-state index contributed by atoms with van der Waals surface area (Å²) in [5, 5.41) is 11.5. The summed E-state index contributed by atoms with van der Waals surface area (Å²) >= 11 is 0. The number of halogens is 2. The Hall–Kier alpha value is -1.69. The first-order valence-corrected chi connectivity index (χ1v) is 5.51.